The number of pyridine rings is 1. The zero-order valence-corrected chi connectivity index (χ0v) is 9.81. The molecule has 0 aliphatic heterocycles. The van der Waals surface area contributed by atoms with Gasteiger partial charge in [-0.05, 0) is 31.3 Å². The Balaban J connectivity index is 2.44. The summed E-state index contributed by atoms with van der Waals surface area (Å²) in [6.07, 6.45) is 3.10. The molecule has 17 heavy (non-hydrogen) atoms. The van der Waals surface area contributed by atoms with Gasteiger partial charge in [-0.15, -0.1) is 0 Å². The molecule has 2 aromatic rings. The Labute approximate surface area is 102 Å². The van der Waals surface area contributed by atoms with Crippen LogP contribution in [0.4, 0.5) is 0 Å². The summed E-state index contributed by atoms with van der Waals surface area (Å²) in [5.74, 6) is 0. The number of hydrogen-bond acceptors (Lipinski definition) is 5. The highest BCUT2D eigenvalue weighted by Gasteiger charge is 2.00. The first-order chi connectivity index (χ1) is 8.18. The van der Waals surface area contributed by atoms with Crippen molar-refractivity contribution < 1.29 is 0 Å². The van der Waals surface area contributed by atoms with Crippen LogP contribution in [0.1, 0.15) is 11.4 Å². The monoisotopic (exact) mass is 247 g/mol. The first-order valence-corrected chi connectivity index (χ1v) is 5.23. The second-order valence-corrected chi connectivity index (χ2v) is 3.62. The summed E-state index contributed by atoms with van der Waals surface area (Å²) in [4.78, 5) is 15.7. The van der Waals surface area contributed by atoms with Crippen molar-refractivity contribution in [1.82, 2.24) is 19.9 Å². The maximum Gasteiger partial charge on any atom is 0.296 e. The second-order valence-electron chi connectivity index (χ2n) is 3.23. The van der Waals surface area contributed by atoms with E-state index in [4.69, 9.17) is 12.2 Å². The van der Waals surface area contributed by atoms with Crippen LogP contribution < -0.4 is 5.56 Å². The number of H-pyrrole nitrogens is 1. The number of aryl methyl sites for hydroxylation is 1. The van der Waals surface area contributed by atoms with Crippen molar-refractivity contribution >= 4 is 18.4 Å². The first-order valence-electron chi connectivity index (χ1n) is 4.82. The predicted molar refractivity (Wildman–Crippen MR) is 65.6 cm³/mol. The van der Waals surface area contributed by atoms with E-state index in [0.717, 1.165) is 4.68 Å². The van der Waals surface area contributed by atoms with Gasteiger partial charge in [-0.3, -0.25) is 14.9 Å². The Kier molecular flexibility index (Phi) is 3.20. The summed E-state index contributed by atoms with van der Waals surface area (Å²) < 4.78 is 1.22. The van der Waals surface area contributed by atoms with Gasteiger partial charge in [0, 0.05) is 6.20 Å². The molecule has 0 atom stereocenters. The molecule has 0 spiro atoms. The van der Waals surface area contributed by atoms with Crippen LogP contribution in [0.15, 0.2) is 34.3 Å². The van der Waals surface area contributed by atoms with E-state index in [0.29, 0.717) is 11.4 Å². The van der Waals surface area contributed by atoms with E-state index in [9.17, 15) is 4.79 Å². The standard InChI is InChI=1S/C10H9N5OS/c1-7-9(16)15(10(17)14-13-7)12-6-8-4-2-3-5-11-8/h2-6H,1H3,(H,14,17)/b12-6-. The molecule has 0 radical (unpaired) electrons. The molecule has 2 heterocycles. The highest BCUT2D eigenvalue weighted by molar-refractivity contribution is 7.71. The minimum atomic E-state index is -0.346. The smallest absolute Gasteiger partial charge is 0.265 e. The van der Waals surface area contributed by atoms with Gasteiger partial charge < -0.3 is 0 Å². The topological polar surface area (TPSA) is 75.9 Å². The summed E-state index contributed by atoms with van der Waals surface area (Å²) in [5, 5.41) is 10.3. The number of rotatable bonds is 2. The molecule has 2 aromatic heterocycles. The third-order valence-electron chi connectivity index (χ3n) is 2.01. The van der Waals surface area contributed by atoms with E-state index in [-0.39, 0.29) is 10.3 Å². The van der Waals surface area contributed by atoms with E-state index >= 15 is 0 Å². The molecule has 7 heteroatoms. The van der Waals surface area contributed by atoms with Crippen LogP contribution in [0.3, 0.4) is 0 Å². The number of nitrogens with one attached hydrogen (secondary N) is 1. The SMILES string of the molecule is Cc1n[nH]c(=S)n(/N=C\c2ccccn2)c1=O. The average molecular weight is 247 g/mol. The van der Waals surface area contributed by atoms with Gasteiger partial charge >= 0.3 is 0 Å². The largest absolute Gasteiger partial charge is 0.296 e. The van der Waals surface area contributed by atoms with Gasteiger partial charge in [0.1, 0.15) is 5.69 Å². The third-order valence-corrected chi connectivity index (χ3v) is 2.27. The van der Waals surface area contributed by atoms with Gasteiger partial charge in [0.05, 0.1) is 11.9 Å². The fourth-order valence-corrected chi connectivity index (χ4v) is 1.32. The van der Waals surface area contributed by atoms with E-state index < -0.39 is 0 Å². The Morgan fingerprint density at radius 3 is 3.06 bits per heavy atom. The minimum absolute atomic E-state index is 0.146. The lowest BCUT2D eigenvalue weighted by molar-refractivity contribution is 0.720. The van der Waals surface area contributed by atoms with Crippen molar-refractivity contribution in [3.05, 3.63) is 50.9 Å². The normalized spacial score (nSPS) is 10.9. The van der Waals surface area contributed by atoms with Crippen molar-refractivity contribution in [2.75, 3.05) is 0 Å². The Morgan fingerprint density at radius 2 is 2.35 bits per heavy atom. The maximum atomic E-state index is 11.7. The summed E-state index contributed by atoms with van der Waals surface area (Å²) in [6, 6.07) is 5.40. The third kappa shape index (κ3) is 2.51. The van der Waals surface area contributed by atoms with Crippen LogP contribution in [-0.2, 0) is 0 Å². The van der Waals surface area contributed by atoms with Crippen LogP contribution in [0.25, 0.3) is 0 Å². The van der Waals surface area contributed by atoms with Crippen LogP contribution in [0.2, 0.25) is 0 Å². The molecular weight excluding hydrogens is 238 g/mol. The lowest BCUT2D eigenvalue weighted by Gasteiger charge is -1.98. The Morgan fingerprint density at radius 1 is 1.53 bits per heavy atom. The van der Waals surface area contributed by atoms with Crippen LogP contribution in [-0.4, -0.2) is 26.1 Å². The molecule has 0 aromatic carbocycles. The van der Waals surface area contributed by atoms with Crippen LogP contribution >= 0.6 is 12.2 Å². The summed E-state index contributed by atoms with van der Waals surface area (Å²) in [7, 11) is 0. The number of nitrogens with zero attached hydrogens (tertiary/aromatic N) is 4. The molecule has 0 fully saturated rings. The zero-order valence-electron chi connectivity index (χ0n) is 8.99. The number of aromatic amines is 1. The lowest BCUT2D eigenvalue weighted by atomic mass is 10.4. The van der Waals surface area contributed by atoms with Gasteiger partial charge in [0.15, 0.2) is 0 Å². The van der Waals surface area contributed by atoms with Gasteiger partial charge in [-0.25, -0.2) is 0 Å². The van der Waals surface area contributed by atoms with E-state index in [2.05, 4.69) is 20.3 Å². The maximum absolute atomic E-state index is 11.7. The van der Waals surface area contributed by atoms with Crippen LogP contribution in [0, 0.1) is 11.7 Å². The van der Waals surface area contributed by atoms with Gasteiger partial charge in [0.25, 0.3) is 5.56 Å². The Hall–Kier alpha value is -2.15. The van der Waals surface area contributed by atoms with E-state index in [1.165, 1.54) is 6.21 Å². The molecular formula is C10H9N5OS. The molecule has 0 amide bonds. The fraction of sp³-hybridized carbons (Fsp3) is 0.100. The van der Waals surface area contributed by atoms with Gasteiger partial charge in [-0.2, -0.15) is 14.9 Å². The zero-order chi connectivity index (χ0) is 12.3. The second kappa shape index (κ2) is 4.79. The number of aromatic nitrogens is 4. The van der Waals surface area contributed by atoms with Crippen molar-refractivity contribution in [3.8, 4) is 0 Å². The molecule has 86 valence electrons. The van der Waals surface area contributed by atoms with E-state index in [1.807, 2.05) is 6.07 Å². The van der Waals surface area contributed by atoms with Crippen molar-refractivity contribution in [2.24, 2.45) is 5.10 Å². The van der Waals surface area contributed by atoms with E-state index in [1.54, 1.807) is 25.3 Å². The molecule has 6 nitrogen and oxygen atoms in total. The van der Waals surface area contributed by atoms with Gasteiger partial charge in [0.2, 0.25) is 4.77 Å². The molecule has 0 aliphatic carbocycles. The summed E-state index contributed by atoms with van der Waals surface area (Å²) in [5.41, 5.74) is 0.598. The lowest BCUT2D eigenvalue weighted by Crippen LogP contribution is -2.22. The van der Waals surface area contributed by atoms with Crippen molar-refractivity contribution in [2.45, 2.75) is 6.92 Å². The Bertz CT molecular complexity index is 658. The van der Waals surface area contributed by atoms with Crippen molar-refractivity contribution in [3.63, 3.8) is 0 Å². The quantitative estimate of drug-likeness (QED) is 0.631. The molecule has 0 bridgehead atoms. The molecule has 0 aliphatic rings. The molecule has 0 unspecified atom stereocenters. The van der Waals surface area contributed by atoms with Crippen LogP contribution in [0.5, 0.6) is 0 Å². The highest BCUT2D eigenvalue weighted by atomic mass is 32.1. The molecule has 2 rings (SSSR count). The average Bonchev–Trinajstić information content (AvgIpc) is 2.35. The molecule has 0 saturated carbocycles. The fourth-order valence-electron chi connectivity index (χ4n) is 1.15. The number of hydrogen-bond donors (Lipinski definition) is 1. The minimum Gasteiger partial charge on any atom is -0.265 e. The van der Waals surface area contributed by atoms with Crippen molar-refractivity contribution in [1.29, 1.82) is 0 Å². The summed E-state index contributed by atoms with van der Waals surface area (Å²) >= 11 is 4.93. The summed E-state index contributed by atoms with van der Waals surface area (Å²) in [6.45, 7) is 1.58. The molecule has 1 N–H and O–H groups in total. The first kappa shape index (κ1) is 11.3. The highest BCUT2D eigenvalue weighted by Crippen LogP contribution is 1.90. The predicted octanol–water partition coefficient (Wildman–Crippen LogP) is 0.887. The molecule has 0 saturated heterocycles. The van der Waals surface area contributed by atoms with Gasteiger partial charge in [-0.1, -0.05) is 6.07 Å².